The van der Waals surface area contributed by atoms with Crippen molar-refractivity contribution in [3.05, 3.63) is 30.1 Å². The fraction of sp³-hybridized carbons (Fsp3) is 0.583. The average molecular weight is 517 g/mol. The summed E-state index contributed by atoms with van der Waals surface area (Å²) in [5.74, 6) is -0.141. The van der Waals surface area contributed by atoms with Gasteiger partial charge in [0, 0.05) is 36.8 Å². The number of likely N-dealkylation sites (N-methyl/N-ethyl adjacent to an activating group) is 1. The molecule has 1 aliphatic heterocycles. The number of benzene rings is 1. The number of fused-ring (bicyclic) bond motifs is 1. The third kappa shape index (κ3) is 7.62. The van der Waals surface area contributed by atoms with Crippen molar-refractivity contribution < 1.29 is 24.2 Å². The number of carbonyl (C=O) groups excluding carboxylic acids is 3. The van der Waals surface area contributed by atoms with E-state index in [1.165, 1.54) is 11.0 Å². The number of tetrazole rings is 1. The van der Waals surface area contributed by atoms with Crippen LogP contribution in [0, 0.1) is 5.92 Å². The summed E-state index contributed by atoms with van der Waals surface area (Å²) in [6.45, 7) is 7.93. The second-order valence-electron chi connectivity index (χ2n) is 9.75. The Hall–Kier alpha value is -3.74. The van der Waals surface area contributed by atoms with Gasteiger partial charge >= 0.3 is 6.03 Å². The van der Waals surface area contributed by atoms with E-state index in [0.717, 1.165) is 0 Å². The number of aliphatic hydroxyl groups is 1. The standard InChI is InChI=1S/C24H36N8O5/c1-15(2)26-24(36)30(5)11-21-16(3)10-32(17(4)13-33)23(35)9-18-8-19(6-7-20(18)37-21)27-22(34)12-31-14-25-28-29-31/h6-8,14-17,21,33H,9-13H2,1-5H3,(H,26,36)(H,27,34)/t16-,17-,21-/m1/s1. The number of carbonyl (C=O) groups is 3. The monoisotopic (exact) mass is 516 g/mol. The Morgan fingerprint density at radius 2 is 2.05 bits per heavy atom. The summed E-state index contributed by atoms with van der Waals surface area (Å²) in [4.78, 5) is 41.5. The highest BCUT2D eigenvalue weighted by Crippen LogP contribution is 2.29. The van der Waals surface area contributed by atoms with E-state index in [0.29, 0.717) is 30.1 Å². The Labute approximate surface area is 216 Å². The highest BCUT2D eigenvalue weighted by Gasteiger charge is 2.32. The van der Waals surface area contributed by atoms with Gasteiger partial charge in [-0.15, -0.1) is 5.10 Å². The minimum absolute atomic E-state index is 0.0116. The van der Waals surface area contributed by atoms with Crippen LogP contribution in [0.5, 0.6) is 5.75 Å². The Morgan fingerprint density at radius 3 is 2.70 bits per heavy atom. The number of ether oxygens (including phenoxy) is 1. The lowest BCUT2D eigenvalue weighted by Gasteiger charge is -2.34. The summed E-state index contributed by atoms with van der Waals surface area (Å²) in [5.41, 5.74) is 1.08. The normalized spacial score (nSPS) is 18.7. The zero-order valence-corrected chi connectivity index (χ0v) is 21.9. The van der Waals surface area contributed by atoms with Crippen molar-refractivity contribution in [1.82, 2.24) is 35.3 Å². The molecular formula is C24H36N8O5. The first-order chi connectivity index (χ1) is 17.6. The van der Waals surface area contributed by atoms with Gasteiger partial charge in [0.1, 0.15) is 24.7 Å². The molecular weight excluding hydrogens is 480 g/mol. The molecule has 2 aromatic rings. The van der Waals surface area contributed by atoms with Gasteiger partial charge in [-0.2, -0.15) is 0 Å². The first kappa shape index (κ1) is 27.8. The molecule has 3 rings (SSSR count). The van der Waals surface area contributed by atoms with Gasteiger partial charge < -0.3 is 30.3 Å². The number of amides is 4. The van der Waals surface area contributed by atoms with Crippen molar-refractivity contribution in [2.24, 2.45) is 5.92 Å². The maximum absolute atomic E-state index is 13.3. The Balaban J connectivity index is 1.87. The smallest absolute Gasteiger partial charge is 0.317 e. The fourth-order valence-corrected chi connectivity index (χ4v) is 4.04. The van der Waals surface area contributed by atoms with E-state index in [9.17, 15) is 19.5 Å². The van der Waals surface area contributed by atoms with Gasteiger partial charge in [-0.25, -0.2) is 9.48 Å². The molecule has 2 heterocycles. The van der Waals surface area contributed by atoms with Gasteiger partial charge in [-0.1, -0.05) is 6.92 Å². The van der Waals surface area contributed by atoms with Crippen LogP contribution in [0.25, 0.3) is 0 Å². The number of aliphatic hydroxyl groups excluding tert-OH is 1. The Morgan fingerprint density at radius 1 is 1.30 bits per heavy atom. The molecule has 0 saturated heterocycles. The van der Waals surface area contributed by atoms with Crippen LogP contribution in [0.15, 0.2) is 24.5 Å². The molecule has 202 valence electrons. The predicted molar refractivity (Wildman–Crippen MR) is 135 cm³/mol. The van der Waals surface area contributed by atoms with E-state index in [1.807, 2.05) is 20.8 Å². The first-order valence-electron chi connectivity index (χ1n) is 12.3. The number of rotatable bonds is 8. The number of nitrogens with zero attached hydrogens (tertiary/aromatic N) is 6. The van der Waals surface area contributed by atoms with Gasteiger partial charge in [0.05, 0.1) is 25.6 Å². The lowest BCUT2D eigenvalue weighted by molar-refractivity contribution is -0.134. The molecule has 0 fully saturated rings. The molecule has 1 aromatic carbocycles. The zero-order valence-electron chi connectivity index (χ0n) is 21.9. The molecule has 0 unspecified atom stereocenters. The molecule has 0 radical (unpaired) electrons. The van der Waals surface area contributed by atoms with Crippen LogP contribution in [0.1, 0.15) is 33.3 Å². The van der Waals surface area contributed by atoms with Crippen molar-refractivity contribution in [3.63, 3.8) is 0 Å². The largest absolute Gasteiger partial charge is 0.488 e. The molecule has 1 aliphatic rings. The number of urea groups is 1. The summed E-state index contributed by atoms with van der Waals surface area (Å²) < 4.78 is 7.70. The van der Waals surface area contributed by atoms with Crippen LogP contribution >= 0.6 is 0 Å². The number of hydrogen-bond acceptors (Lipinski definition) is 8. The highest BCUT2D eigenvalue weighted by molar-refractivity contribution is 5.91. The van der Waals surface area contributed by atoms with Crippen molar-refractivity contribution in [1.29, 1.82) is 0 Å². The number of nitrogens with one attached hydrogen (secondary N) is 2. The number of anilines is 1. The third-order valence-corrected chi connectivity index (χ3v) is 6.11. The average Bonchev–Trinajstić information content (AvgIpc) is 3.35. The van der Waals surface area contributed by atoms with E-state index < -0.39 is 12.1 Å². The summed E-state index contributed by atoms with van der Waals surface area (Å²) in [7, 11) is 1.70. The summed E-state index contributed by atoms with van der Waals surface area (Å²) in [6.07, 6.45) is 0.938. The SMILES string of the molecule is CC(C)NC(=O)N(C)C[C@H]1Oc2ccc(NC(=O)Cn3cnnn3)cc2CC(=O)N([C@H](C)CO)C[C@H]1C. The van der Waals surface area contributed by atoms with Crippen LogP contribution < -0.4 is 15.4 Å². The van der Waals surface area contributed by atoms with Crippen LogP contribution in [0.2, 0.25) is 0 Å². The second-order valence-corrected chi connectivity index (χ2v) is 9.75. The predicted octanol–water partition coefficient (Wildman–Crippen LogP) is 0.511. The third-order valence-electron chi connectivity index (χ3n) is 6.11. The molecule has 4 amide bonds. The van der Waals surface area contributed by atoms with Gasteiger partial charge in [0.15, 0.2) is 0 Å². The van der Waals surface area contributed by atoms with Gasteiger partial charge in [-0.05, 0) is 49.4 Å². The van der Waals surface area contributed by atoms with Crippen molar-refractivity contribution in [2.75, 3.05) is 32.1 Å². The topological polar surface area (TPSA) is 155 Å². The van der Waals surface area contributed by atoms with E-state index in [-0.39, 0.29) is 49.4 Å². The fourth-order valence-electron chi connectivity index (χ4n) is 4.04. The molecule has 3 N–H and O–H groups in total. The molecule has 0 aliphatic carbocycles. The van der Waals surface area contributed by atoms with Crippen molar-refractivity contribution in [3.8, 4) is 5.75 Å². The quantitative estimate of drug-likeness (QED) is 0.458. The maximum Gasteiger partial charge on any atom is 0.317 e. The molecule has 0 bridgehead atoms. The Kier molecular flexibility index (Phi) is 9.39. The number of hydrogen-bond donors (Lipinski definition) is 3. The summed E-state index contributed by atoms with van der Waals surface area (Å²) >= 11 is 0. The van der Waals surface area contributed by atoms with E-state index >= 15 is 0 Å². The van der Waals surface area contributed by atoms with Gasteiger partial charge in [0.2, 0.25) is 11.8 Å². The van der Waals surface area contributed by atoms with Gasteiger partial charge in [0.25, 0.3) is 0 Å². The molecule has 13 heteroatoms. The van der Waals surface area contributed by atoms with Crippen molar-refractivity contribution in [2.45, 2.75) is 58.8 Å². The molecule has 0 spiro atoms. The minimum Gasteiger partial charge on any atom is -0.488 e. The molecule has 13 nitrogen and oxygen atoms in total. The maximum atomic E-state index is 13.3. The van der Waals surface area contributed by atoms with Crippen LogP contribution in [-0.4, -0.2) is 97.9 Å². The van der Waals surface area contributed by atoms with E-state index in [2.05, 4.69) is 26.2 Å². The lowest BCUT2D eigenvalue weighted by Crippen LogP contribution is -2.49. The summed E-state index contributed by atoms with van der Waals surface area (Å²) in [5, 5.41) is 26.2. The molecule has 1 aromatic heterocycles. The Bertz CT molecular complexity index is 1080. The van der Waals surface area contributed by atoms with Gasteiger partial charge in [-0.3, -0.25) is 9.59 Å². The highest BCUT2D eigenvalue weighted by atomic mass is 16.5. The van der Waals surface area contributed by atoms with Crippen LogP contribution in [0.4, 0.5) is 10.5 Å². The zero-order chi connectivity index (χ0) is 27.1. The van der Waals surface area contributed by atoms with E-state index in [1.54, 1.807) is 42.0 Å². The van der Waals surface area contributed by atoms with Crippen molar-refractivity contribution >= 4 is 23.5 Å². The van der Waals surface area contributed by atoms with Crippen LogP contribution in [-0.2, 0) is 22.6 Å². The minimum atomic E-state index is -0.429. The number of aromatic nitrogens is 4. The summed E-state index contributed by atoms with van der Waals surface area (Å²) in [6, 6.07) is 4.50. The molecule has 0 saturated carbocycles. The molecule has 37 heavy (non-hydrogen) atoms. The first-order valence-corrected chi connectivity index (χ1v) is 12.3. The van der Waals surface area contributed by atoms with Crippen LogP contribution in [0.3, 0.4) is 0 Å². The molecule has 3 atom stereocenters. The lowest BCUT2D eigenvalue weighted by atomic mass is 10.0. The second kappa shape index (κ2) is 12.5. The van der Waals surface area contributed by atoms with E-state index in [4.69, 9.17) is 4.74 Å².